The summed E-state index contributed by atoms with van der Waals surface area (Å²) >= 11 is 18.2. The number of carboxylic acid groups (broad SMARTS) is 1. The monoisotopic (exact) mass is 382 g/mol. The minimum atomic E-state index is -1.05. The second kappa shape index (κ2) is 6.28. The number of nitrogens with zero attached hydrogens (tertiary/aromatic N) is 2. The summed E-state index contributed by atoms with van der Waals surface area (Å²) in [5.41, 5.74) is 0.849. The molecule has 0 amide bonds. The Morgan fingerprint density at radius 3 is 2.33 bits per heavy atom. The lowest BCUT2D eigenvalue weighted by Gasteiger charge is -2.35. The molecule has 0 fully saturated rings. The highest BCUT2D eigenvalue weighted by Crippen LogP contribution is 2.43. The normalized spacial score (nSPS) is 20.2. The maximum atomic E-state index is 11.5. The first-order chi connectivity index (χ1) is 11.3. The van der Waals surface area contributed by atoms with Crippen molar-refractivity contribution in [3.63, 3.8) is 0 Å². The van der Waals surface area contributed by atoms with Gasteiger partial charge in [0.1, 0.15) is 5.71 Å². The molecule has 1 aliphatic rings. The Morgan fingerprint density at radius 2 is 1.75 bits per heavy atom. The number of aliphatic carboxylic acids is 1. The van der Waals surface area contributed by atoms with Crippen molar-refractivity contribution in [1.82, 2.24) is 0 Å². The zero-order chi connectivity index (χ0) is 17.5. The summed E-state index contributed by atoms with van der Waals surface area (Å²) in [6, 6.07) is 12.3. The van der Waals surface area contributed by atoms with Gasteiger partial charge in [0.25, 0.3) is 0 Å². The van der Waals surface area contributed by atoms with Gasteiger partial charge in [-0.1, -0.05) is 46.9 Å². The summed E-state index contributed by atoms with van der Waals surface area (Å²) in [5, 5.41) is 16.8. The number of hydrazone groups is 1. The molecule has 0 aromatic heterocycles. The molecule has 0 bridgehead atoms. The molecule has 124 valence electrons. The van der Waals surface area contributed by atoms with Gasteiger partial charge in [0.05, 0.1) is 16.2 Å². The van der Waals surface area contributed by atoms with Gasteiger partial charge in [-0.25, -0.2) is 4.79 Å². The van der Waals surface area contributed by atoms with Crippen LogP contribution in [0.1, 0.15) is 18.9 Å². The molecule has 0 spiro atoms. The molecule has 0 radical (unpaired) electrons. The highest BCUT2D eigenvalue weighted by molar-refractivity contribution is 6.38. The van der Waals surface area contributed by atoms with Crippen LogP contribution in [0.2, 0.25) is 15.1 Å². The molecular formula is C17H13Cl3N2O2. The van der Waals surface area contributed by atoms with Crippen LogP contribution in [0.4, 0.5) is 5.69 Å². The smallest absolute Gasteiger partial charge is 0.352 e. The van der Waals surface area contributed by atoms with Crippen molar-refractivity contribution < 1.29 is 9.90 Å². The molecule has 2 aromatic carbocycles. The average Bonchev–Trinajstić information content (AvgIpc) is 2.87. The van der Waals surface area contributed by atoms with E-state index < -0.39 is 11.5 Å². The lowest BCUT2D eigenvalue weighted by atomic mass is 9.87. The van der Waals surface area contributed by atoms with Crippen LogP contribution in [0, 0.1) is 0 Å². The van der Waals surface area contributed by atoms with Gasteiger partial charge in [-0.3, -0.25) is 5.01 Å². The molecule has 4 nitrogen and oxygen atoms in total. The average molecular weight is 384 g/mol. The van der Waals surface area contributed by atoms with Crippen molar-refractivity contribution in [3.05, 3.63) is 63.1 Å². The van der Waals surface area contributed by atoms with Crippen LogP contribution >= 0.6 is 34.8 Å². The van der Waals surface area contributed by atoms with Gasteiger partial charge in [-0.15, -0.1) is 0 Å². The third-order valence-corrected chi connectivity index (χ3v) is 4.84. The molecule has 1 unspecified atom stereocenters. The van der Waals surface area contributed by atoms with Gasteiger partial charge in [0, 0.05) is 16.5 Å². The molecular weight excluding hydrogens is 371 g/mol. The van der Waals surface area contributed by atoms with Gasteiger partial charge >= 0.3 is 5.97 Å². The number of halogens is 3. The second-order valence-corrected chi connectivity index (χ2v) is 7.00. The van der Waals surface area contributed by atoms with Crippen LogP contribution in [0.25, 0.3) is 0 Å². The lowest BCUT2D eigenvalue weighted by molar-refractivity contribution is -0.129. The van der Waals surface area contributed by atoms with Crippen molar-refractivity contribution >= 4 is 52.2 Å². The van der Waals surface area contributed by atoms with Gasteiger partial charge < -0.3 is 5.11 Å². The Morgan fingerprint density at radius 1 is 1.12 bits per heavy atom. The number of rotatable bonds is 3. The first kappa shape index (κ1) is 17.1. The first-order valence-corrected chi connectivity index (χ1v) is 8.27. The summed E-state index contributed by atoms with van der Waals surface area (Å²) in [6.45, 7) is 1.92. The predicted octanol–water partition coefficient (Wildman–Crippen LogP) is 5.21. The Hall–Kier alpha value is -1.75. The van der Waals surface area contributed by atoms with E-state index in [1.165, 1.54) is 0 Å². The van der Waals surface area contributed by atoms with Crippen molar-refractivity contribution in [3.8, 4) is 0 Å². The number of anilines is 1. The largest absolute Gasteiger partial charge is 0.477 e. The molecule has 1 N–H and O–H groups in total. The molecule has 1 aliphatic heterocycles. The molecule has 24 heavy (non-hydrogen) atoms. The molecule has 0 saturated heterocycles. The quantitative estimate of drug-likeness (QED) is 0.791. The summed E-state index contributed by atoms with van der Waals surface area (Å²) < 4.78 is 0. The maximum absolute atomic E-state index is 11.5. The van der Waals surface area contributed by atoms with E-state index >= 15 is 0 Å². The zero-order valence-corrected chi connectivity index (χ0v) is 14.9. The van der Waals surface area contributed by atoms with E-state index in [1.54, 1.807) is 35.3 Å². The van der Waals surface area contributed by atoms with Gasteiger partial charge in [-0.2, -0.15) is 5.10 Å². The predicted molar refractivity (Wildman–Crippen MR) is 97.4 cm³/mol. The first-order valence-electron chi connectivity index (χ1n) is 7.13. The van der Waals surface area contributed by atoms with E-state index in [1.807, 2.05) is 19.1 Å². The third-order valence-electron chi connectivity index (χ3n) is 4.05. The SMILES string of the molecule is CC1(c2ccc(Cl)cc2)CC(C(=O)O)=NN1c1ccc(Cl)cc1Cl. The molecule has 0 aliphatic carbocycles. The standard InChI is InChI=1S/C17H13Cl3N2O2/c1-17(10-2-4-11(18)5-3-10)9-14(16(23)24)21-22(17)15-7-6-12(19)8-13(15)20/h2-8H,9H2,1H3,(H,23,24). The van der Waals surface area contributed by atoms with Crippen LogP contribution in [0.5, 0.6) is 0 Å². The maximum Gasteiger partial charge on any atom is 0.352 e. The van der Waals surface area contributed by atoms with Crippen molar-refractivity contribution in [1.29, 1.82) is 0 Å². The third kappa shape index (κ3) is 2.97. The summed E-state index contributed by atoms with van der Waals surface area (Å²) in [5.74, 6) is -1.05. The zero-order valence-electron chi connectivity index (χ0n) is 12.6. The summed E-state index contributed by atoms with van der Waals surface area (Å²) in [7, 11) is 0. The summed E-state index contributed by atoms with van der Waals surface area (Å²) in [6.07, 6.45) is 0.239. The van der Waals surface area contributed by atoms with Crippen molar-refractivity contribution in [2.24, 2.45) is 5.10 Å². The number of carboxylic acids is 1. The fraction of sp³-hybridized carbons (Fsp3) is 0.176. The fourth-order valence-corrected chi connectivity index (χ4v) is 3.41. The molecule has 3 rings (SSSR count). The van der Waals surface area contributed by atoms with Gasteiger partial charge in [-0.05, 0) is 42.8 Å². The molecule has 0 saturated carbocycles. The second-order valence-electron chi connectivity index (χ2n) is 5.72. The van der Waals surface area contributed by atoms with E-state index in [0.29, 0.717) is 20.8 Å². The van der Waals surface area contributed by atoms with E-state index in [-0.39, 0.29) is 12.1 Å². The number of carbonyl (C=O) groups is 1. The van der Waals surface area contributed by atoms with Crippen LogP contribution in [-0.2, 0) is 10.3 Å². The van der Waals surface area contributed by atoms with E-state index in [0.717, 1.165) is 5.56 Å². The topological polar surface area (TPSA) is 52.9 Å². The van der Waals surface area contributed by atoms with Crippen LogP contribution in [0.3, 0.4) is 0 Å². The lowest BCUT2D eigenvalue weighted by Crippen LogP contribution is -2.37. The van der Waals surface area contributed by atoms with Crippen LogP contribution < -0.4 is 5.01 Å². The number of hydrogen-bond donors (Lipinski definition) is 1. The highest BCUT2D eigenvalue weighted by atomic mass is 35.5. The Labute approximate surface area is 154 Å². The van der Waals surface area contributed by atoms with Gasteiger partial charge in [0.2, 0.25) is 0 Å². The Balaban J connectivity index is 2.13. The van der Waals surface area contributed by atoms with E-state index in [9.17, 15) is 9.90 Å². The molecule has 7 heteroatoms. The molecule has 1 heterocycles. The fourth-order valence-electron chi connectivity index (χ4n) is 2.79. The Bertz CT molecular complexity index is 836. The van der Waals surface area contributed by atoms with Crippen LogP contribution in [-0.4, -0.2) is 16.8 Å². The molecule has 2 aromatic rings. The van der Waals surface area contributed by atoms with E-state index in [4.69, 9.17) is 34.8 Å². The van der Waals surface area contributed by atoms with Crippen LogP contribution in [0.15, 0.2) is 47.6 Å². The number of benzene rings is 2. The van der Waals surface area contributed by atoms with E-state index in [2.05, 4.69) is 5.10 Å². The summed E-state index contributed by atoms with van der Waals surface area (Å²) in [4.78, 5) is 11.5. The van der Waals surface area contributed by atoms with Gasteiger partial charge in [0.15, 0.2) is 0 Å². The minimum Gasteiger partial charge on any atom is -0.477 e. The minimum absolute atomic E-state index is 0.0680. The number of hydrogen-bond acceptors (Lipinski definition) is 3. The van der Waals surface area contributed by atoms with Crippen molar-refractivity contribution in [2.75, 3.05) is 5.01 Å². The Kier molecular flexibility index (Phi) is 4.47. The molecule has 1 atom stereocenters. The highest BCUT2D eigenvalue weighted by Gasteiger charge is 2.43. The van der Waals surface area contributed by atoms with Crippen molar-refractivity contribution in [2.45, 2.75) is 18.9 Å².